The van der Waals surface area contributed by atoms with Crippen molar-refractivity contribution in [3.05, 3.63) is 63.8 Å². The standard InChI is InChI=1S/C22H17Cl2F3N4O2/c1-2-16-19(11-3-5-12(23)6-4-11)20-29-21(33)17(31(20)30-16)10-18(32)28-13-7-8-15(24)14(9-13)22(25,26)27/h3-9,17H,2,10H2,1H3,(H,28,32)(H,29,33). The second-order valence-electron chi connectivity index (χ2n) is 7.43. The van der Waals surface area contributed by atoms with Gasteiger partial charge in [0.15, 0.2) is 0 Å². The van der Waals surface area contributed by atoms with E-state index in [0.717, 1.165) is 29.0 Å². The molecule has 11 heteroatoms. The van der Waals surface area contributed by atoms with Crippen LogP contribution in [0.5, 0.6) is 0 Å². The number of hydrogen-bond acceptors (Lipinski definition) is 3. The number of anilines is 2. The third-order valence-electron chi connectivity index (χ3n) is 5.22. The molecule has 0 saturated heterocycles. The lowest BCUT2D eigenvalue weighted by Crippen LogP contribution is -2.24. The van der Waals surface area contributed by atoms with E-state index in [-0.39, 0.29) is 12.1 Å². The average molecular weight is 497 g/mol. The summed E-state index contributed by atoms with van der Waals surface area (Å²) in [7, 11) is 0. The Morgan fingerprint density at radius 1 is 1.18 bits per heavy atom. The van der Waals surface area contributed by atoms with Crippen molar-refractivity contribution in [2.75, 3.05) is 10.6 Å². The number of amides is 2. The average Bonchev–Trinajstić information content (AvgIpc) is 3.24. The van der Waals surface area contributed by atoms with Gasteiger partial charge in [-0.2, -0.15) is 18.3 Å². The summed E-state index contributed by atoms with van der Waals surface area (Å²) in [6, 6.07) is 9.20. The molecule has 172 valence electrons. The van der Waals surface area contributed by atoms with E-state index in [1.807, 2.05) is 19.1 Å². The zero-order chi connectivity index (χ0) is 23.9. The fraction of sp³-hybridized carbons (Fsp3) is 0.227. The number of aryl methyl sites for hydroxylation is 1. The molecular formula is C22H17Cl2F3N4O2. The normalized spacial score (nSPS) is 15.3. The molecule has 0 spiro atoms. The Morgan fingerprint density at radius 2 is 1.88 bits per heavy atom. The predicted octanol–water partition coefficient (Wildman–Crippen LogP) is 5.96. The van der Waals surface area contributed by atoms with Gasteiger partial charge in [-0.05, 0) is 42.3 Å². The van der Waals surface area contributed by atoms with Crippen LogP contribution in [0.25, 0.3) is 11.1 Å². The number of rotatable bonds is 5. The lowest BCUT2D eigenvalue weighted by molar-refractivity contribution is -0.137. The first-order valence-electron chi connectivity index (χ1n) is 9.93. The Kier molecular flexibility index (Phi) is 6.11. The van der Waals surface area contributed by atoms with Crippen LogP contribution in [0.3, 0.4) is 0 Å². The van der Waals surface area contributed by atoms with Gasteiger partial charge in [-0.1, -0.05) is 42.3 Å². The van der Waals surface area contributed by atoms with Gasteiger partial charge in [0.25, 0.3) is 5.91 Å². The molecule has 0 fully saturated rings. The second kappa shape index (κ2) is 8.72. The van der Waals surface area contributed by atoms with Crippen molar-refractivity contribution in [3.63, 3.8) is 0 Å². The summed E-state index contributed by atoms with van der Waals surface area (Å²) in [5.74, 6) is -0.611. The summed E-state index contributed by atoms with van der Waals surface area (Å²) in [5.41, 5.74) is 1.13. The molecule has 0 radical (unpaired) electrons. The third-order valence-corrected chi connectivity index (χ3v) is 5.81. The Hall–Kier alpha value is -3.04. The number of nitrogens with one attached hydrogen (secondary N) is 2. The molecule has 6 nitrogen and oxygen atoms in total. The van der Waals surface area contributed by atoms with E-state index >= 15 is 0 Å². The van der Waals surface area contributed by atoms with Gasteiger partial charge in [0.2, 0.25) is 5.91 Å². The molecule has 1 aromatic heterocycles. The molecule has 1 unspecified atom stereocenters. The van der Waals surface area contributed by atoms with Crippen molar-refractivity contribution in [1.29, 1.82) is 0 Å². The lowest BCUT2D eigenvalue weighted by atomic mass is 10.0. The largest absolute Gasteiger partial charge is 0.417 e. The Morgan fingerprint density at radius 3 is 2.52 bits per heavy atom. The molecule has 2 heterocycles. The molecule has 0 aliphatic carbocycles. The number of fused-ring (bicyclic) bond motifs is 1. The third kappa shape index (κ3) is 4.56. The number of hydrogen-bond donors (Lipinski definition) is 2. The molecule has 1 aliphatic heterocycles. The van der Waals surface area contributed by atoms with Crippen molar-refractivity contribution in [2.24, 2.45) is 0 Å². The Labute approximate surface area is 196 Å². The van der Waals surface area contributed by atoms with Crippen molar-refractivity contribution < 1.29 is 22.8 Å². The van der Waals surface area contributed by atoms with Crippen molar-refractivity contribution in [3.8, 4) is 11.1 Å². The highest BCUT2D eigenvalue weighted by Gasteiger charge is 2.37. The zero-order valence-electron chi connectivity index (χ0n) is 17.1. The maximum atomic E-state index is 13.1. The smallest absolute Gasteiger partial charge is 0.326 e. The van der Waals surface area contributed by atoms with Gasteiger partial charge < -0.3 is 10.6 Å². The van der Waals surface area contributed by atoms with Crippen LogP contribution in [0.2, 0.25) is 10.0 Å². The van der Waals surface area contributed by atoms with E-state index in [1.165, 1.54) is 10.7 Å². The van der Waals surface area contributed by atoms with Crippen LogP contribution >= 0.6 is 23.2 Å². The van der Waals surface area contributed by atoms with Gasteiger partial charge in [0, 0.05) is 16.3 Å². The Bertz CT molecular complexity index is 1240. The molecule has 2 N–H and O–H groups in total. The maximum Gasteiger partial charge on any atom is 0.417 e. The van der Waals surface area contributed by atoms with E-state index in [1.54, 1.807) is 12.1 Å². The summed E-state index contributed by atoms with van der Waals surface area (Å²) < 4.78 is 40.7. The van der Waals surface area contributed by atoms with Gasteiger partial charge in [0.05, 0.1) is 22.7 Å². The quantitative estimate of drug-likeness (QED) is 0.457. The lowest BCUT2D eigenvalue weighted by Gasteiger charge is -2.13. The van der Waals surface area contributed by atoms with Crippen LogP contribution in [0.1, 0.15) is 30.6 Å². The van der Waals surface area contributed by atoms with Crippen LogP contribution in [-0.4, -0.2) is 21.6 Å². The fourth-order valence-electron chi connectivity index (χ4n) is 3.69. The van der Waals surface area contributed by atoms with E-state index < -0.39 is 34.6 Å². The first-order valence-corrected chi connectivity index (χ1v) is 10.7. The molecule has 33 heavy (non-hydrogen) atoms. The van der Waals surface area contributed by atoms with E-state index in [4.69, 9.17) is 23.2 Å². The molecular weight excluding hydrogens is 480 g/mol. The Balaban J connectivity index is 1.58. The summed E-state index contributed by atoms with van der Waals surface area (Å²) >= 11 is 11.6. The summed E-state index contributed by atoms with van der Waals surface area (Å²) in [6.07, 6.45) is -4.40. The van der Waals surface area contributed by atoms with E-state index in [0.29, 0.717) is 17.3 Å². The summed E-state index contributed by atoms with van der Waals surface area (Å²) in [4.78, 5) is 25.2. The highest BCUT2D eigenvalue weighted by atomic mass is 35.5. The number of aromatic nitrogens is 2. The van der Waals surface area contributed by atoms with Gasteiger partial charge in [0.1, 0.15) is 11.9 Å². The highest BCUT2D eigenvalue weighted by Crippen LogP contribution is 2.39. The minimum absolute atomic E-state index is 0.0769. The molecule has 1 atom stereocenters. The van der Waals surface area contributed by atoms with Gasteiger partial charge in [-0.3, -0.25) is 9.59 Å². The van der Waals surface area contributed by atoms with Gasteiger partial charge in [-0.25, -0.2) is 4.68 Å². The van der Waals surface area contributed by atoms with Crippen molar-refractivity contribution >= 4 is 46.5 Å². The van der Waals surface area contributed by atoms with Crippen LogP contribution in [0, 0.1) is 0 Å². The zero-order valence-corrected chi connectivity index (χ0v) is 18.6. The molecule has 1 aliphatic rings. The van der Waals surface area contributed by atoms with Crippen LogP contribution < -0.4 is 10.6 Å². The number of alkyl halides is 3. The van der Waals surface area contributed by atoms with Crippen molar-refractivity contribution in [1.82, 2.24) is 9.78 Å². The predicted molar refractivity (Wildman–Crippen MR) is 119 cm³/mol. The summed E-state index contributed by atoms with van der Waals surface area (Å²) in [5, 5.41) is 9.78. The van der Waals surface area contributed by atoms with Crippen LogP contribution in [0.15, 0.2) is 42.5 Å². The SMILES string of the molecule is CCc1nn2c(c1-c1ccc(Cl)cc1)NC(=O)C2CC(=O)Nc1ccc(Cl)c(C(F)(F)F)c1. The van der Waals surface area contributed by atoms with Crippen LogP contribution in [0.4, 0.5) is 24.7 Å². The minimum Gasteiger partial charge on any atom is -0.326 e. The van der Waals surface area contributed by atoms with E-state index in [2.05, 4.69) is 15.7 Å². The molecule has 3 aromatic rings. The second-order valence-corrected chi connectivity index (χ2v) is 8.27. The number of halogens is 5. The molecule has 4 rings (SSSR count). The topological polar surface area (TPSA) is 76.0 Å². The molecule has 2 aromatic carbocycles. The first kappa shape index (κ1) is 23.1. The van der Waals surface area contributed by atoms with Crippen LogP contribution in [-0.2, 0) is 22.2 Å². The first-order chi connectivity index (χ1) is 15.6. The maximum absolute atomic E-state index is 13.1. The number of nitrogens with zero attached hydrogens (tertiary/aromatic N) is 2. The monoisotopic (exact) mass is 496 g/mol. The number of benzene rings is 2. The molecule has 0 saturated carbocycles. The minimum atomic E-state index is -4.66. The number of carbonyl (C=O) groups is 2. The summed E-state index contributed by atoms with van der Waals surface area (Å²) in [6.45, 7) is 1.92. The van der Waals surface area contributed by atoms with Crippen molar-refractivity contribution in [2.45, 2.75) is 32.0 Å². The fourth-order valence-corrected chi connectivity index (χ4v) is 4.04. The highest BCUT2D eigenvalue weighted by molar-refractivity contribution is 6.31. The van der Waals surface area contributed by atoms with Gasteiger partial charge in [-0.15, -0.1) is 0 Å². The van der Waals surface area contributed by atoms with E-state index in [9.17, 15) is 22.8 Å². The molecule has 2 amide bonds. The van der Waals surface area contributed by atoms with Gasteiger partial charge >= 0.3 is 6.18 Å². The number of carbonyl (C=O) groups excluding carboxylic acids is 2. The molecule has 0 bridgehead atoms.